The van der Waals surface area contributed by atoms with Gasteiger partial charge in [0.2, 0.25) is 17.7 Å². The Kier molecular flexibility index (Phi) is 33.7. The van der Waals surface area contributed by atoms with Crippen molar-refractivity contribution in [3.63, 3.8) is 0 Å². The standard InChI is InChI=1S/C22H25F3N2O2.C18H26N2O3.C13H18N2O.C12H21NO4.C9H8BrF3O.C6H7N/c1-21(20(28)26-17-7-3-2-4-8-17)11-13-27(14-12-21)15-16-29-19-10-6-5-9-18(19)22(23,24)25;1-17(2,3)23-16(22)20-12-10-18(4,11-13-20)15(21)19-14-8-6-5-7-9-14;1-13(7-9-14-10-8-13)12(16)15-11-5-3-2-4-6-11;1-11(2,3)17-10(16)13-7-5-12(4,6-8-13)9(14)15;10-5-6-14-8-4-2-1-3-7(8)9(11,12)13;7-6-4-2-1-3-5-6/h2-10H,11-16H2,1H3,(H,26,28);5-9H,10-13H2,1-4H3,(H,19,21);2-6,14H,7-10H2,1H3,(H,15,16);5-8H2,1-4H3,(H,14,15);1-4H,5-6H2;1-5H,7H2. The molecule has 6 aromatic rings. The maximum Gasteiger partial charge on any atom is 0.419 e. The number of hydrogen-bond donors (Lipinski definition) is 6. The van der Waals surface area contributed by atoms with Gasteiger partial charge in [-0.25, -0.2) is 9.59 Å². The van der Waals surface area contributed by atoms with Gasteiger partial charge in [0, 0.05) is 71.6 Å². The van der Waals surface area contributed by atoms with Crippen LogP contribution in [-0.4, -0.2) is 144 Å². The van der Waals surface area contributed by atoms with Crippen molar-refractivity contribution in [1.29, 1.82) is 0 Å². The number of para-hydroxylation sites is 6. The van der Waals surface area contributed by atoms with Crippen molar-refractivity contribution in [2.24, 2.45) is 21.7 Å². The summed E-state index contributed by atoms with van der Waals surface area (Å²) in [4.78, 5) is 77.6. The number of nitrogens with two attached hydrogens (primary N) is 1. The van der Waals surface area contributed by atoms with E-state index in [0.717, 1.165) is 60.8 Å². The quantitative estimate of drug-likeness (QED) is 0.0338. The molecule has 5 amide bonds. The summed E-state index contributed by atoms with van der Waals surface area (Å²) in [5.41, 5.74) is 4.28. The summed E-state index contributed by atoms with van der Waals surface area (Å²) in [7, 11) is 0. The van der Waals surface area contributed by atoms with Crippen molar-refractivity contribution < 1.29 is 79.2 Å². The van der Waals surface area contributed by atoms with E-state index in [-0.39, 0.29) is 60.0 Å². The van der Waals surface area contributed by atoms with E-state index in [1.807, 2.05) is 184 Å². The number of anilines is 4. The maximum atomic E-state index is 13.0. The molecule has 0 bridgehead atoms. The molecule has 4 aliphatic rings. The van der Waals surface area contributed by atoms with Gasteiger partial charge in [-0.3, -0.25) is 24.1 Å². The van der Waals surface area contributed by atoms with Crippen molar-refractivity contribution in [1.82, 2.24) is 20.0 Å². The normalized spacial score (nSPS) is 16.6. The second-order valence-electron chi connectivity index (χ2n) is 29.3. The molecule has 0 saturated carbocycles. The summed E-state index contributed by atoms with van der Waals surface area (Å²) < 4.78 is 97.2. The van der Waals surface area contributed by atoms with Crippen LogP contribution >= 0.6 is 15.9 Å². The van der Waals surface area contributed by atoms with Gasteiger partial charge < -0.3 is 60.9 Å². The maximum absolute atomic E-state index is 13.0. The molecule has 0 radical (unpaired) electrons. The topological polar surface area (TPSA) is 243 Å². The molecule has 4 fully saturated rings. The fraction of sp³-hybridized carbons (Fsp3) is 0.475. The van der Waals surface area contributed by atoms with Crippen LogP contribution in [0.25, 0.3) is 0 Å². The summed E-state index contributed by atoms with van der Waals surface area (Å²) in [5, 5.41) is 21.8. The fourth-order valence-corrected chi connectivity index (χ4v) is 11.3. The zero-order chi connectivity index (χ0) is 78.4. The number of nitrogens with zero attached hydrogens (tertiary/aromatic N) is 3. The molecule has 4 heterocycles. The first-order valence-electron chi connectivity index (χ1n) is 35.4. The van der Waals surface area contributed by atoms with Crippen LogP contribution in [0.5, 0.6) is 11.5 Å². The van der Waals surface area contributed by atoms with Gasteiger partial charge in [0.05, 0.1) is 28.6 Å². The third kappa shape index (κ3) is 30.2. The number of benzene rings is 6. The number of amides is 5. The van der Waals surface area contributed by atoms with Gasteiger partial charge in [-0.2, -0.15) is 26.3 Å². The van der Waals surface area contributed by atoms with Crippen LogP contribution < -0.4 is 36.5 Å². The third-order valence-electron chi connectivity index (χ3n) is 18.1. The molecule has 0 unspecified atom stereocenters. The van der Waals surface area contributed by atoms with Gasteiger partial charge in [0.15, 0.2) is 0 Å². The monoisotopic (exact) mass is 1550 g/mol. The summed E-state index contributed by atoms with van der Waals surface area (Å²) in [6.07, 6.45) is -4.06. The summed E-state index contributed by atoms with van der Waals surface area (Å²) in [5.74, 6) is -0.920. The molecule has 4 saturated heterocycles. The molecular formula is C80H105BrF6N8O11. The predicted molar refractivity (Wildman–Crippen MR) is 406 cm³/mol. The molecule has 0 aliphatic carbocycles. The zero-order valence-corrected chi connectivity index (χ0v) is 64.0. The van der Waals surface area contributed by atoms with E-state index in [0.29, 0.717) is 89.7 Å². The Morgan fingerprint density at radius 3 is 1.07 bits per heavy atom. The lowest BCUT2D eigenvalue weighted by atomic mass is 9.79. The van der Waals surface area contributed by atoms with Gasteiger partial charge in [-0.05, 0) is 199 Å². The molecule has 10 rings (SSSR count). The number of ether oxygens (including phenoxy) is 4. The number of carboxylic acid groups (broad SMARTS) is 1. The van der Waals surface area contributed by atoms with Crippen LogP contribution in [0.1, 0.15) is 132 Å². The minimum atomic E-state index is -4.43. The van der Waals surface area contributed by atoms with E-state index in [9.17, 15) is 55.1 Å². The number of carboxylic acids is 1. The fourth-order valence-electron chi connectivity index (χ4n) is 11.1. The highest BCUT2D eigenvalue weighted by Crippen LogP contribution is 2.39. The number of halogens is 7. The van der Waals surface area contributed by atoms with Gasteiger partial charge in [-0.15, -0.1) is 0 Å². The highest BCUT2D eigenvalue weighted by Gasteiger charge is 2.42. The lowest BCUT2D eigenvalue weighted by molar-refractivity contribution is -0.150. The molecule has 26 heteroatoms. The molecule has 6 aromatic carbocycles. The molecule has 0 atom stereocenters. The molecule has 0 spiro atoms. The summed E-state index contributed by atoms with van der Waals surface area (Å²) in [6, 6.07) is 48.3. The van der Waals surface area contributed by atoms with Crippen molar-refractivity contribution in [3.05, 3.63) is 181 Å². The van der Waals surface area contributed by atoms with Crippen LogP contribution in [0, 0.1) is 21.7 Å². The van der Waals surface area contributed by atoms with E-state index in [4.69, 9.17) is 29.8 Å². The first-order chi connectivity index (χ1) is 49.8. The lowest BCUT2D eigenvalue weighted by Gasteiger charge is -2.38. The lowest BCUT2D eigenvalue weighted by Crippen LogP contribution is -2.48. The van der Waals surface area contributed by atoms with Crippen LogP contribution in [0.15, 0.2) is 170 Å². The number of likely N-dealkylation sites (tertiary alicyclic amines) is 3. The van der Waals surface area contributed by atoms with Gasteiger partial charge in [-0.1, -0.05) is 134 Å². The molecule has 0 aromatic heterocycles. The Balaban J connectivity index is 0.000000237. The summed E-state index contributed by atoms with van der Waals surface area (Å²) >= 11 is 3.08. The number of carbonyl (C=O) groups is 6. The van der Waals surface area contributed by atoms with Crippen molar-refractivity contribution in [2.75, 3.05) is 99.1 Å². The van der Waals surface area contributed by atoms with E-state index >= 15 is 0 Å². The summed E-state index contributed by atoms with van der Waals surface area (Å²) in [6.45, 7) is 24.8. The number of piperidine rings is 4. The van der Waals surface area contributed by atoms with Gasteiger partial charge in [0.25, 0.3) is 0 Å². The Bertz CT molecular complexity index is 3670. The Morgan fingerprint density at radius 2 is 0.755 bits per heavy atom. The molecule has 19 nitrogen and oxygen atoms in total. The van der Waals surface area contributed by atoms with E-state index in [2.05, 4.69) is 42.1 Å². The minimum absolute atomic E-state index is 0.00120. The molecule has 7 N–H and O–H groups in total. The van der Waals surface area contributed by atoms with Crippen LogP contribution in [0.2, 0.25) is 0 Å². The van der Waals surface area contributed by atoms with Crippen molar-refractivity contribution in [2.45, 2.75) is 144 Å². The highest BCUT2D eigenvalue weighted by atomic mass is 79.9. The average Bonchev–Trinajstić information content (AvgIpc) is 0.847. The van der Waals surface area contributed by atoms with Gasteiger partial charge in [0.1, 0.15) is 29.3 Å². The largest absolute Gasteiger partial charge is 0.492 e. The van der Waals surface area contributed by atoms with Crippen molar-refractivity contribution >= 4 is 74.6 Å². The Hall–Kier alpha value is -8.88. The number of carbonyl (C=O) groups excluding carboxylic acids is 5. The molecule has 106 heavy (non-hydrogen) atoms. The van der Waals surface area contributed by atoms with Crippen LogP contribution in [0.4, 0.5) is 58.7 Å². The molecule has 4 aliphatic heterocycles. The number of alkyl halides is 7. The number of rotatable bonds is 14. The van der Waals surface area contributed by atoms with Crippen LogP contribution in [0.3, 0.4) is 0 Å². The van der Waals surface area contributed by atoms with E-state index < -0.39 is 56.9 Å². The zero-order valence-electron chi connectivity index (χ0n) is 62.4. The SMILES string of the molecule is CC(C)(C)OC(=O)N1CCC(C)(C(=O)Nc2ccccc2)CC1.CC(C)(C)OC(=O)N1CCC(C)(C(=O)O)CC1.CC1(C(=O)Nc2ccccc2)CCN(CCOc2ccccc2C(F)(F)F)CC1.CC1(C(=O)Nc2ccccc2)CCNCC1.FC(F)(F)c1ccccc1OCCBr.Nc1ccccc1. The van der Waals surface area contributed by atoms with E-state index in [1.165, 1.54) is 36.4 Å². The van der Waals surface area contributed by atoms with E-state index in [1.54, 1.807) is 16.7 Å². The average molecular weight is 1550 g/mol. The first kappa shape index (κ1) is 87.8. The van der Waals surface area contributed by atoms with Crippen LogP contribution in [-0.2, 0) is 41.0 Å². The number of nitrogen functional groups attached to an aromatic ring is 1. The predicted octanol–water partition coefficient (Wildman–Crippen LogP) is 17.4. The minimum Gasteiger partial charge on any atom is -0.492 e. The Morgan fingerprint density at radius 1 is 0.453 bits per heavy atom. The molecule has 580 valence electrons. The first-order valence-corrected chi connectivity index (χ1v) is 36.6. The smallest absolute Gasteiger partial charge is 0.419 e. The number of aliphatic carboxylic acids is 1. The highest BCUT2D eigenvalue weighted by molar-refractivity contribution is 9.09. The third-order valence-corrected chi connectivity index (χ3v) is 18.5. The number of hydrogen-bond acceptors (Lipinski definition) is 13. The number of nitrogens with one attached hydrogen (secondary N) is 4. The Labute approximate surface area is 628 Å². The second kappa shape index (κ2) is 40.7. The second-order valence-corrected chi connectivity index (χ2v) is 30.1. The molecular weight excluding hydrogens is 1440 g/mol. The van der Waals surface area contributed by atoms with Gasteiger partial charge >= 0.3 is 30.5 Å². The van der Waals surface area contributed by atoms with Crippen molar-refractivity contribution in [3.8, 4) is 11.5 Å².